The summed E-state index contributed by atoms with van der Waals surface area (Å²) in [6.45, 7) is 1.72. The number of pyridine rings is 2. The van der Waals surface area contributed by atoms with Crippen molar-refractivity contribution in [3.63, 3.8) is 0 Å². The Balaban J connectivity index is 1.40. The summed E-state index contributed by atoms with van der Waals surface area (Å²) >= 11 is 1.30. The molecule has 0 saturated carbocycles. The van der Waals surface area contributed by atoms with Crippen molar-refractivity contribution >= 4 is 50.6 Å². The van der Waals surface area contributed by atoms with E-state index in [0.717, 1.165) is 42.6 Å². The predicted octanol–water partition coefficient (Wildman–Crippen LogP) is 4.52. The van der Waals surface area contributed by atoms with E-state index in [-0.39, 0.29) is 18.0 Å². The Kier molecular flexibility index (Phi) is 5.20. The molecule has 3 amide bonds. The van der Waals surface area contributed by atoms with Crippen LogP contribution in [0.1, 0.15) is 22.5 Å². The number of nitrogens with one attached hydrogen (secondary N) is 3. The molecule has 6 rings (SSSR count). The van der Waals surface area contributed by atoms with Gasteiger partial charge in [0.2, 0.25) is 0 Å². The zero-order valence-electron chi connectivity index (χ0n) is 18.2. The summed E-state index contributed by atoms with van der Waals surface area (Å²) in [6.07, 6.45) is 5.34. The second-order valence-corrected chi connectivity index (χ2v) is 9.36. The molecule has 0 unspecified atom stereocenters. The monoisotopic (exact) mass is 470 g/mol. The topological polar surface area (TPSA) is 99.2 Å². The molecule has 0 radical (unpaired) electrons. The second-order valence-electron chi connectivity index (χ2n) is 8.36. The Bertz CT molecular complexity index is 1400. The van der Waals surface area contributed by atoms with E-state index >= 15 is 0 Å². The summed E-state index contributed by atoms with van der Waals surface area (Å²) in [4.78, 5) is 38.2. The summed E-state index contributed by atoms with van der Waals surface area (Å²) in [5.74, 6) is -0.179. The molecule has 9 heteroatoms. The van der Waals surface area contributed by atoms with Crippen LogP contribution in [0.15, 0.2) is 60.9 Å². The minimum Gasteiger partial charge on any atom is -0.347 e. The maximum Gasteiger partial charge on any atom is 0.331 e. The summed E-state index contributed by atoms with van der Waals surface area (Å²) in [5, 5.41) is 10.1. The number of nitrogens with zero attached hydrogens (tertiary/aromatic N) is 3. The number of urea groups is 1. The van der Waals surface area contributed by atoms with Crippen molar-refractivity contribution in [3.05, 3.63) is 65.8 Å². The summed E-state index contributed by atoms with van der Waals surface area (Å²) in [7, 11) is 0. The van der Waals surface area contributed by atoms with Gasteiger partial charge in [-0.1, -0.05) is 30.3 Å². The second kappa shape index (κ2) is 8.51. The summed E-state index contributed by atoms with van der Waals surface area (Å²) in [6, 6.07) is 15.1. The molecule has 0 bridgehead atoms. The fraction of sp³-hybridized carbons (Fsp3) is 0.200. The number of carbonyl (C=O) groups is 2. The standard InChI is InChI=1S/C25H22N6O2S/c32-23(29-16-7-4-10-26-14-16)22-21-20-19(9-12-28-24(20)34-22)31(25(33)30-21)17-8-11-27-18(13-17)15-5-2-1-3-6-15/h1-3,5-6,8-9,11-13,16,26H,4,7,10,14H2,(H,29,32)(H,30,33)/t16-/m1/s1. The van der Waals surface area contributed by atoms with Gasteiger partial charge in [-0.2, -0.15) is 0 Å². The first-order chi connectivity index (χ1) is 16.7. The summed E-state index contributed by atoms with van der Waals surface area (Å²) < 4.78 is 0. The Hall–Kier alpha value is -3.82. The van der Waals surface area contributed by atoms with E-state index in [2.05, 4.69) is 25.9 Å². The lowest BCUT2D eigenvalue weighted by atomic mass is 10.1. The lowest BCUT2D eigenvalue weighted by molar-refractivity contribution is 0.0935. The minimum atomic E-state index is -0.322. The number of hydrogen-bond donors (Lipinski definition) is 3. The fourth-order valence-electron chi connectivity index (χ4n) is 4.55. The lowest BCUT2D eigenvalue weighted by Gasteiger charge is -2.28. The Morgan fingerprint density at radius 1 is 1.12 bits per heavy atom. The molecule has 1 saturated heterocycles. The smallest absolute Gasteiger partial charge is 0.331 e. The van der Waals surface area contributed by atoms with Crippen LogP contribution in [0.2, 0.25) is 0 Å². The van der Waals surface area contributed by atoms with Crippen LogP contribution >= 0.6 is 11.3 Å². The van der Waals surface area contributed by atoms with Crippen molar-refractivity contribution in [1.82, 2.24) is 20.6 Å². The van der Waals surface area contributed by atoms with Crippen LogP contribution in [0.4, 0.5) is 21.9 Å². The fourth-order valence-corrected chi connectivity index (χ4v) is 5.57. The summed E-state index contributed by atoms with van der Waals surface area (Å²) in [5.41, 5.74) is 3.66. The van der Waals surface area contributed by atoms with E-state index in [1.165, 1.54) is 11.3 Å². The van der Waals surface area contributed by atoms with Gasteiger partial charge in [0.15, 0.2) is 0 Å². The lowest BCUT2D eigenvalue weighted by Crippen LogP contribution is -2.45. The Labute approximate surface area is 200 Å². The van der Waals surface area contributed by atoms with Gasteiger partial charge in [0.25, 0.3) is 5.91 Å². The highest BCUT2D eigenvalue weighted by atomic mass is 32.1. The molecule has 1 fully saturated rings. The van der Waals surface area contributed by atoms with Crippen molar-refractivity contribution in [2.75, 3.05) is 23.3 Å². The third kappa shape index (κ3) is 3.59. The number of hydrogen-bond acceptors (Lipinski definition) is 6. The highest BCUT2D eigenvalue weighted by Crippen LogP contribution is 2.45. The van der Waals surface area contributed by atoms with Gasteiger partial charge in [0.1, 0.15) is 9.71 Å². The first kappa shape index (κ1) is 20.8. The van der Waals surface area contributed by atoms with Gasteiger partial charge in [-0.3, -0.25) is 14.7 Å². The molecule has 34 heavy (non-hydrogen) atoms. The van der Waals surface area contributed by atoms with Crippen molar-refractivity contribution in [1.29, 1.82) is 0 Å². The molecular weight excluding hydrogens is 448 g/mol. The maximum atomic E-state index is 13.3. The molecule has 1 aromatic carbocycles. The Morgan fingerprint density at radius 2 is 1.97 bits per heavy atom. The van der Waals surface area contributed by atoms with E-state index in [1.807, 2.05) is 42.5 Å². The quantitative estimate of drug-likeness (QED) is 0.407. The van der Waals surface area contributed by atoms with Crippen LogP contribution in [-0.4, -0.2) is 41.0 Å². The van der Waals surface area contributed by atoms with Gasteiger partial charge in [-0.25, -0.2) is 9.78 Å². The number of anilines is 3. The minimum absolute atomic E-state index is 0.0788. The number of piperidine rings is 1. The van der Waals surface area contributed by atoms with Gasteiger partial charge in [0, 0.05) is 30.5 Å². The number of carbonyl (C=O) groups excluding carboxylic acids is 2. The first-order valence-corrected chi connectivity index (χ1v) is 12.1. The largest absolute Gasteiger partial charge is 0.347 e. The molecule has 3 aromatic heterocycles. The molecule has 2 aliphatic rings. The van der Waals surface area contributed by atoms with Gasteiger partial charge in [-0.15, -0.1) is 11.3 Å². The van der Waals surface area contributed by atoms with Gasteiger partial charge >= 0.3 is 6.03 Å². The van der Waals surface area contributed by atoms with Crippen LogP contribution in [-0.2, 0) is 0 Å². The number of thiophene rings is 1. The number of benzene rings is 1. The molecule has 1 atom stereocenters. The average Bonchev–Trinajstić information content (AvgIpc) is 3.25. The Morgan fingerprint density at radius 3 is 2.79 bits per heavy atom. The molecule has 0 aliphatic carbocycles. The van der Waals surface area contributed by atoms with E-state index in [1.54, 1.807) is 23.4 Å². The van der Waals surface area contributed by atoms with E-state index < -0.39 is 0 Å². The van der Waals surface area contributed by atoms with Crippen molar-refractivity contribution in [2.24, 2.45) is 0 Å². The van der Waals surface area contributed by atoms with Crippen molar-refractivity contribution < 1.29 is 9.59 Å². The maximum absolute atomic E-state index is 13.3. The molecule has 0 spiro atoms. The number of rotatable bonds is 4. The number of aromatic nitrogens is 2. The molecule has 170 valence electrons. The molecule has 4 aromatic rings. The average molecular weight is 471 g/mol. The molecular formula is C25H22N6O2S. The normalized spacial score (nSPS) is 17.5. The van der Waals surface area contributed by atoms with Crippen LogP contribution in [0.5, 0.6) is 0 Å². The molecule has 5 heterocycles. The van der Waals surface area contributed by atoms with E-state index in [4.69, 9.17) is 0 Å². The van der Waals surface area contributed by atoms with Crippen molar-refractivity contribution in [2.45, 2.75) is 18.9 Å². The van der Waals surface area contributed by atoms with E-state index in [9.17, 15) is 9.59 Å². The van der Waals surface area contributed by atoms with E-state index in [0.29, 0.717) is 26.8 Å². The molecule has 8 nitrogen and oxygen atoms in total. The SMILES string of the molecule is O=C(N[C@@H]1CCCNC1)c1sc2nccc3c2c1NC(=O)N3c1ccnc(-c2ccccc2)c1. The first-order valence-electron chi connectivity index (χ1n) is 11.2. The molecule has 2 aliphatic heterocycles. The zero-order valence-corrected chi connectivity index (χ0v) is 19.1. The zero-order chi connectivity index (χ0) is 23.1. The van der Waals surface area contributed by atoms with Crippen molar-refractivity contribution in [3.8, 4) is 11.3 Å². The predicted molar refractivity (Wildman–Crippen MR) is 134 cm³/mol. The third-order valence-corrected chi connectivity index (χ3v) is 7.25. The van der Waals surface area contributed by atoms with Crippen LogP contribution in [0.3, 0.4) is 0 Å². The highest BCUT2D eigenvalue weighted by Gasteiger charge is 2.33. The number of amides is 3. The van der Waals surface area contributed by atoms with Crippen LogP contribution in [0, 0.1) is 0 Å². The van der Waals surface area contributed by atoms with Gasteiger partial charge in [-0.05, 0) is 37.6 Å². The van der Waals surface area contributed by atoms with Gasteiger partial charge in [0.05, 0.1) is 28.1 Å². The van der Waals surface area contributed by atoms with Crippen LogP contribution in [0.25, 0.3) is 21.5 Å². The third-order valence-electron chi connectivity index (χ3n) is 6.16. The van der Waals surface area contributed by atoms with Gasteiger partial charge < -0.3 is 16.0 Å². The molecule has 3 N–H and O–H groups in total. The van der Waals surface area contributed by atoms with Crippen LogP contribution < -0.4 is 20.9 Å². The highest BCUT2D eigenvalue weighted by molar-refractivity contribution is 7.21.